The summed E-state index contributed by atoms with van der Waals surface area (Å²) in [4.78, 5) is 49.4. The van der Waals surface area contributed by atoms with E-state index in [1.807, 2.05) is 4.98 Å². The number of aromatic amines is 2. The van der Waals surface area contributed by atoms with Crippen molar-refractivity contribution in [2.45, 2.75) is 83.6 Å². The highest BCUT2D eigenvalue weighted by Crippen LogP contribution is 2.42. The van der Waals surface area contributed by atoms with Gasteiger partial charge in [0.15, 0.2) is 18.2 Å². The number of fused-ring (bicyclic) bond motifs is 1. The van der Waals surface area contributed by atoms with Crippen LogP contribution in [0.4, 0.5) is 0 Å². The molecule has 0 spiro atoms. The lowest BCUT2D eigenvalue weighted by Gasteiger charge is -2.24. The van der Waals surface area contributed by atoms with E-state index >= 15 is 0 Å². The van der Waals surface area contributed by atoms with Gasteiger partial charge in [0.2, 0.25) is 0 Å². The first kappa shape index (κ1) is 35.4. The van der Waals surface area contributed by atoms with Gasteiger partial charge in [0.25, 0.3) is 11.1 Å². The smallest absolute Gasteiger partial charge is 0.330 e. The Kier molecular flexibility index (Phi) is 12.3. The van der Waals surface area contributed by atoms with Crippen LogP contribution in [0.2, 0.25) is 0 Å². The number of hydrogen-bond acceptors (Lipinski definition) is 13. The third kappa shape index (κ3) is 6.99. The van der Waals surface area contributed by atoms with Crippen LogP contribution in [0.5, 0.6) is 0 Å². The molecule has 16 nitrogen and oxygen atoms in total. The Labute approximate surface area is 235 Å². The van der Waals surface area contributed by atoms with E-state index < -0.39 is 84.0 Å². The minimum atomic E-state index is -1.35. The Balaban J connectivity index is 0.000000377. The van der Waals surface area contributed by atoms with Gasteiger partial charge in [0.1, 0.15) is 36.6 Å². The van der Waals surface area contributed by atoms with E-state index in [0.29, 0.717) is 0 Å². The van der Waals surface area contributed by atoms with E-state index in [-0.39, 0.29) is 35.0 Å². The molecule has 0 radical (unpaired) electrons. The fourth-order valence-electron chi connectivity index (χ4n) is 4.40. The topological polar surface area (TPSA) is 228 Å². The Morgan fingerprint density at radius 1 is 0.775 bits per heavy atom. The monoisotopic (exact) mass is 593 g/mol. The van der Waals surface area contributed by atoms with E-state index in [0.717, 1.165) is 16.8 Å². The first-order valence-corrected chi connectivity index (χ1v) is 11.3. The predicted octanol–water partition coefficient (Wildman–Crippen LogP) is -2.90. The minimum absolute atomic E-state index is 0. The fraction of sp³-hybridized carbons (Fsp3) is 0.652. The molecule has 2 aromatic rings. The molecular formula is C23H37N4O12S-. The van der Waals surface area contributed by atoms with Crippen LogP contribution < -0.4 is 22.5 Å². The molecule has 0 aromatic carbocycles. The first-order chi connectivity index (χ1) is 17.5. The van der Waals surface area contributed by atoms with E-state index in [2.05, 4.69) is 4.98 Å². The fourth-order valence-corrected chi connectivity index (χ4v) is 4.40. The molecule has 3 fully saturated rings. The Bertz CT molecular complexity index is 1340. The molecule has 0 amide bonds. The molecule has 40 heavy (non-hydrogen) atoms. The van der Waals surface area contributed by atoms with E-state index in [1.54, 1.807) is 13.8 Å². The number of nitrogens with one attached hydrogen (secondary N) is 2. The van der Waals surface area contributed by atoms with Crippen molar-refractivity contribution < 1.29 is 39.4 Å². The summed E-state index contributed by atoms with van der Waals surface area (Å²) >= 11 is 0. The number of aliphatic hydroxyl groups excluding tert-OH is 4. The number of nitrogens with zero attached hydrogens (tertiary/aromatic N) is 2. The number of aliphatic hydroxyl groups is 4. The molecule has 17 heteroatoms. The van der Waals surface area contributed by atoms with Crippen LogP contribution in [-0.2, 0) is 32.4 Å². The van der Waals surface area contributed by atoms with Gasteiger partial charge in [-0.25, -0.2) is 9.59 Å². The van der Waals surface area contributed by atoms with Crippen LogP contribution >= 0.6 is 0 Å². The zero-order valence-corrected chi connectivity index (χ0v) is 21.1. The molecule has 3 aliphatic rings. The largest absolute Gasteiger partial charge is 0.813 e. The SMILES string of the molecule is C.C.CC1(C)OC2[C@@H](O1)[C@@H](CO)O[C@H]2n1ccc(=O)[nH]c1=O.O=c1ccn([C@@H]2O[C@H](CO)[C@H](O)C2O)c(=O)[nH]1.[SH-]. The zero-order chi connectivity index (χ0) is 27.1. The summed E-state index contributed by atoms with van der Waals surface area (Å²) in [6, 6.07) is 2.32. The highest BCUT2D eigenvalue weighted by atomic mass is 32.1. The van der Waals surface area contributed by atoms with Crippen molar-refractivity contribution in [1.82, 2.24) is 19.1 Å². The predicted molar refractivity (Wildman–Crippen MR) is 143 cm³/mol. The van der Waals surface area contributed by atoms with Crippen molar-refractivity contribution in [2.75, 3.05) is 13.2 Å². The maximum Gasteiger partial charge on any atom is 0.330 e. The van der Waals surface area contributed by atoms with Gasteiger partial charge >= 0.3 is 11.4 Å². The van der Waals surface area contributed by atoms with Crippen LogP contribution in [0.15, 0.2) is 43.7 Å². The number of hydrogen-bond donors (Lipinski definition) is 6. The van der Waals surface area contributed by atoms with Gasteiger partial charge < -0.3 is 52.9 Å². The quantitative estimate of drug-likeness (QED) is 0.155. The molecule has 6 N–H and O–H groups in total. The number of thiol groups is 1. The molecule has 0 bridgehead atoms. The average molecular weight is 594 g/mol. The summed E-state index contributed by atoms with van der Waals surface area (Å²) in [5, 5.41) is 37.4. The lowest BCUT2D eigenvalue weighted by molar-refractivity contribution is -0.200. The maximum atomic E-state index is 11.8. The van der Waals surface area contributed by atoms with Gasteiger partial charge in [0.05, 0.1) is 13.2 Å². The van der Waals surface area contributed by atoms with Crippen LogP contribution in [0.25, 0.3) is 0 Å². The van der Waals surface area contributed by atoms with Gasteiger partial charge in [-0.15, -0.1) is 0 Å². The second-order valence-electron chi connectivity index (χ2n) is 9.08. The zero-order valence-electron chi connectivity index (χ0n) is 20.2. The van der Waals surface area contributed by atoms with Crippen molar-refractivity contribution in [3.63, 3.8) is 0 Å². The Morgan fingerprint density at radius 3 is 1.68 bits per heavy atom. The number of aromatic nitrogens is 4. The van der Waals surface area contributed by atoms with Crippen molar-refractivity contribution in [3.05, 3.63) is 66.2 Å². The Morgan fingerprint density at radius 2 is 1.23 bits per heavy atom. The van der Waals surface area contributed by atoms with Gasteiger partial charge in [-0.2, -0.15) is 0 Å². The molecule has 2 unspecified atom stereocenters. The van der Waals surface area contributed by atoms with Gasteiger partial charge in [-0.05, 0) is 13.8 Å². The van der Waals surface area contributed by atoms with Gasteiger partial charge in [-0.3, -0.25) is 28.7 Å². The summed E-state index contributed by atoms with van der Waals surface area (Å²) in [5.41, 5.74) is -2.40. The molecule has 0 saturated carbocycles. The highest BCUT2D eigenvalue weighted by molar-refractivity contribution is 7.37. The molecule has 3 saturated heterocycles. The lowest BCUT2D eigenvalue weighted by atomic mass is 10.1. The highest BCUT2D eigenvalue weighted by Gasteiger charge is 2.55. The molecule has 5 heterocycles. The van der Waals surface area contributed by atoms with Crippen LogP contribution in [0.1, 0.15) is 41.2 Å². The third-order valence-corrected chi connectivity index (χ3v) is 6.07. The molecule has 3 aliphatic heterocycles. The number of rotatable bonds is 4. The summed E-state index contributed by atoms with van der Waals surface area (Å²) in [6.45, 7) is 2.79. The van der Waals surface area contributed by atoms with Crippen molar-refractivity contribution in [2.24, 2.45) is 0 Å². The molecule has 228 valence electrons. The summed E-state index contributed by atoms with van der Waals surface area (Å²) in [6.07, 6.45) is -4.54. The number of ether oxygens (including phenoxy) is 4. The van der Waals surface area contributed by atoms with E-state index in [4.69, 9.17) is 24.1 Å². The molecular weight excluding hydrogens is 556 g/mol. The second-order valence-corrected chi connectivity index (χ2v) is 9.08. The van der Waals surface area contributed by atoms with E-state index in [9.17, 15) is 34.5 Å². The van der Waals surface area contributed by atoms with Crippen molar-refractivity contribution in [3.8, 4) is 0 Å². The van der Waals surface area contributed by atoms with Crippen molar-refractivity contribution in [1.29, 1.82) is 0 Å². The van der Waals surface area contributed by atoms with Gasteiger partial charge in [0, 0.05) is 24.5 Å². The lowest BCUT2D eigenvalue weighted by Crippen LogP contribution is -2.37. The second kappa shape index (κ2) is 13.8. The first-order valence-electron chi connectivity index (χ1n) is 11.3. The Hall–Kier alpha value is -2.61. The molecule has 8 atom stereocenters. The molecule has 0 aliphatic carbocycles. The maximum absolute atomic E-state index is 11.8. The third-order valence-electron chi connectivity index (χ3n) is 6.07. The van der Waals surface area contributed by atoms with Crippen molar-refractivity contribution >= 4 is 13.5 Å². The van der Waals surface area contributed by atoms with Gasteiger partial charge in [-0.1, -0.05) is 14.9 Å². The normalized spacial score (nSPS) is 31.6. The van der Waals surface area contributed by atoms with E-state index in [1.165, 1.54) is 16.8 Å². The minimum Gasteiger partial charge on any atom is -0.813 e. The summed E-state index contributed by atoms with van der Waals surface area (Å²) in [5.74, 6) is -0.809. The van der Waals surface area contributed by atoms with Crippen LogP contribution in [-0.4, -0.2) is 95.2 Å². The summed E-state index contributed by atoms with van der Waals surface area (Å²) < 4.78 is 24.4. The standard InChI is InChI=1S/C12H16N2O6.C9H12N2O6.2CH4.H2S/c1-12(2)19-8-6(5-15)18-10(9(8)20-12)14-4-3-7(16)13-11(14)17;12-3-4-6(14)7(15)8(17-4)11-2-1-5(13)10-9(11)16;;;/h3-4,6,8-10,15H,5H2,1-2H3,(H,13,16,17);1-2,4,6-8,12,14-15H,3H2,(H,10,13,16);2*1H4;1H2/p-1/t6-,8+,9?,10-;4-,6+,7?,8-;;;/m11.../s1. The van der Waals surface area contributed by atoms with Crippen LogP contribution in [0.3, 0.4) is 0 Å². The summed E-state index contributed by atoms with van der Waals surface area (Å²) in [7, 11) is 0. The average Bonchev–Trinajstić information content (AvgIpc) is 3.42. The molecule has 5 rings (SSSR count). The van der Waals surface area contributed by atoms with Crippen LogP contribution in [0, 0.1) is 0 Å². The molecule has 2 aromatic heterocycles. The number of H-pyrrole nitrogens is 2.